The van der Waals surface area contributed by atoms with Gasteiger partial charge in [-0.2, -0.15) is 13.9 Å². The number of rotatable bonds is 5. The Kier molecular flexibility index (Phi) is 7.00. The van der Waals surface area contributed by atoms with Crippen LogP contribution in [0.15, 0.2) is 64.1 Å². The summed E-state index contributed by atoms with van der Waals surface area (Å²) < 4.78 is 30.2. The minimum atomic E-state index is -3.75. The van der Waals surface area contributed by atoms with E-state index in [4.69, 9.17) is 39.8 Å². The van der Waals surface area contributed by atoms with Crippen LogP contribution in [0.25, 0.3) is 16.9 Å². The molecule has 0 spiro atoms. The second-order valence-electron chi connectivity index (χ2n) is 8.13. The van der Waals surface area contributed by atoms with Crippen LogP contribution in [0.2, 0.25) is 15.1 Å². The van der Waals surface area contributed by atoms with Gasteiger partial charge in [-0.15, -0.1) is 0 Å². The highest BCUT2D eigenvalue weighted by Gasteiger charge is 2.31. The lowest BCUT2D eigenvalue weighted by atomic mass is 10.1. The molecule has 1 N–H and O–H groups in total. The van der Waals surface area contributed by atoms with Crippen molar-refractivity contribution in [3.63, 3.8) is 0 Å². The highest BCUT2D eigenvalue weighted by molar-refractivity contribution is 9.10. The Bertz CT molecular complexity index is 1520. The lowest BCUT2D eigenvalue weighted by Crippen LogP contribution is -2.42. The molecule has 5 rings (SSSR count). The number of fused-ring (bicyclic) bond motifs is 1. The monoisotopic (exact) mass is 613 g/mol. The SMILES string of the molecule is O=S(=O)(c1cc(Cl)ccc1Cl)N1CCC(Nc2cc(-c3ccccc3Cl)nc3c(Br)cnn23)CC1. The summed E-state index contributed by atoms with van der Waals surface area (Å²) in [6.45, 7) is 0.689. The van der Waals surface area contributed by atoms with Crippen LogP contribution in [-0.2, 0) is 10.0 Å². The lowest BCUT2D eigenvalue weighted by Gasteiger charge is -2.32. The van der Waals surface area contributed by atoms with Crippen LogP contribution in [0.4, 0.5) is 5.82 Å². The summed E-state index contributed by atoms with van der Waals surface area (Å²) in [4.78, 5) is 4.76. The van der Waals surface area contributed by atoms with E-state index in [1.165, 1.54) is 16.4 Å². The Morgan fingerprint density at radius 1 is 1.00 bits per heavy atom. The number of nitrogens with one attached hydrogen (secondary N) is 1. The molecule has 0 aliphatic carbocycles. The van der Waals surface area contributed by atoms with E-state index in [0.29, 0.717) is 47.3 Å². The standard InChI is InChI=1S/C23H19BrCl3N5O2S/c24-17-13-28-32-22(12-20(30-23(17)32)16-3-1-2-4-18(16)26)29-15-7-9-31(10-8-15)35(33,34)21-11-14(25)5-6-19(21)27/h1-6,11-13,15,29H,7-10H2. The first kappa shape index (κ1) is 24.8. The van der Waals surface area contributed by atoms with Crippen molar-refractivity contribution >= 4 is 72.2 Å². The largest absolute Gasteiger partial charge is 0.367 e. The molecule has 1 saturated heterocycles. The number of sulfonamides is 1. The number of hydrogen-bond acceptors (Lipinski definition) is 5. The number of piperidine rings is 1. The third-order valence-electron chi connectivity index (χ3n) is 5.90. The Morgan fingerprint density at radius 3 is 2.49 bits per heavy atom. The zero-order chi connectivity index (χ0) is 24.7. The fourth-order valence-corrected chi connectivity index (χ4v) is 6.90. The van der Waals surface area contributed by atoms with Gasteiger partial charge in [0.25, 0.3) is 0 Å². The molecule has 182 valence electrons. The van der Waals surface area contributed by atoms with Crippen LogP contribution in [0.3, 0.4) is 0 Å². The van der Waals surface area contributed by atoms with E-state index in [0.717, 1.165) is 15.9 Å². The van der Waals surface area contributed by atoms with Crippen molar-refractivity contribution in [2.24, 2.45) is 0 Å². The van der Waals surface area contributed by atoms with Gasteiger partial charge < -0.3 is 5.32 Å². The highest BCUT2D eigenvalue weighted by Crippen LogP contribution is 2.32. The van der Waals surface area contributed by atoms with Crippen LogP contribution in [0.1, 0.15) is 12.8 Å². The van der Waals surface area contributed by atoms with Crippen LogP contribution in [0.5, 0.6) is 0 Å². The Morgan fingerprint density at radius 2 is 1.74 bits per heavy atom. The van der Waals surface area contributed by atoms with Crippen LogP contribution in [0, 0.1) is 0 Å². The van der Waals surface area contributed by atoms with Gasteiger partial charge in [0.2, 0.25) is 10.0 Å². The first-order chi connectivity index (χ1) is 16.7. The van der Waals surface area contributed by atoms with Gasteiger partial charge in [-0.3, -0.25) is 0 Å². The third kappa shape index (κ3) is 4.90. The van der Waals surface area contributed by atoms with Gasteiger partial charge >= 0.3 is 0 Å². The molecule has 35 heavy (non-hydrogen) atoms. The summed E-state index contributed by atoms with van der Waals surface area (Å²) in [6.07, 6.45) is 2.89. The summed E-state index contributed by atoms with van der Waals surface area (Å²) in [7, 11) is -3.75. The van der Waals surface area contributed by atoms with Gasteiger partial charge in [-0.25, -0.2) is 13.4 Å². The van der Waals surface area contributed by atoms with Crippen molar-refractivity contribution in [2.75, 3.05) is 18.4 Å². The number of nitrogens with zero attached hydrogens (tertiary/aromatic N) is 4. The second-order valence-corrected chi connectivity index (χ2v) is 12.1. The molecule has 2 aromatic heterocycles. The Labute approximate surface area is 226 Å². The molecule has 0 amide bonds. The lowest BCUT2D eigenvalue weighted by molar-refractivity contribution is 0.329. The van der Waals surface area contributed by atoms with Crippen molar-refractivity contribution in [3.05, 3.63) is 74.3 Å². The predicted octanol–water partition coefficient (Wildman–Crippen LogP) is 6.38. The molecular weight excluding hydrogens is 597 g/mol. The Hall–Kier alpha value is -1.88. The van der Waals surface area contributed by atoms with Gasteiger partial charge in [-0.05, 0) is 53.0 Å². The highest BCUT2D eigenvalue weighted by atomic mass is 79.9. The van der Waals surface area contributed by atoms with E-state index in [1.54, 1.807) is 16.8 Å². The molecule has 0 radical (unpaired) electrons. The summed E-state index contributed by atoms with van der Waals surface area (Å²) in [5.74, 6) is 0.745. The number of aromatic nitrogens is 3. The molecule has 1 fully saturated rings. The van der Waals surface area contributed by atoms with Gasteiger partial charge in [0.1, 0.15) is 10.7 Å². The molecular formula is C23H19BrCl3N5O2S. The first-order valence-corrected chi connectivity index (χ1v) is 14.1. The van der Waals surface area contributed by atoms with Gasteiger partial charge in [0.15, 0.2) is 5.65 Å². The molecule has 1 aliphatic rings. The molecule has 0 atom stereocenters. The fraction of sp³-hybridized carbons (Fsp3) is 0.217. The van der Waals surface area contributed by atoms with E-state index in [2.05, 4.69) is 26.3 Å². The molecule has 2 aromatic carbocycles. The molecule has 0 bridgehead atoms. The molecule has 1 aliphatic heterocycles. The predicted molar refractivity (Wildman–Crippen MR) is 143 cm³/mol. The summed E-state index contributed by atoms with van der Waals surface area (Å²) in [5.41, 5.74) is 2.18. The number of anilines is 1. The molecule has 4 aromatic rings. The van der Waals surface area contributed by atoms with Crippen molar-refractivity contribution in [2.45, 2.75) is 23.8 Å². The fourth-order valence-electron chi connectivity index (χ4n) is 4.11. The smallest absolute Gasteiger partial charge is 0.244 e. The van der Waals surface area contributed by atoms with Crippen LogP contribution >= 0.6 is 50.7 Å². The number of hydrogen-bond donors (Lipinski definition) is 1. The summed E-state index contributed by atoms with van der Waals surface area (Å²) in [6, 6.07) is 13.9. The normalized spacial score (nSPS) is 15.5. The topological polar surface area (TPSA) is 79.6 Å². The van der Waals surface area contributed by atoms with Gasteiger partial charge in [-0.1, -0.05) is 53.0 Å². The maximum atomic E-state index is 13.2. The minimum absolute atomic E-state index is 0.0275. The molecule has 0 saturated carbocycles. The second kappa shape index (κ2) is 9.88. The summed E-state index contributed by atoms with van der Waals surface area (Å²) in [5, 5.41) is 9.04. The van der Waals surface area contributed by atoms with Crippen LogP contribution in [-0.4, -0.2) is 46.5 Å². The van der Waals surface area contributed by atoms with E-state index in [1.807, 2.05) is 30.3 Å². The average Bonchev–Trinajstić information content (AvgIpc) is 3.22. The average molecular weight is 616 g/mol. The first-order valence-electron chi connectivity index (χ1n) is 10.7. The molecule has 7 nitrogen and oxygen atoms in total. The quantitative estimate of drug-likeness (QED) is 0.282. The van der Waals surface area contributed by atoms with E-state index < -0.39 is 10.0 Å². The van der Waals surface area contributed by atoms with Gasteiger partial charge in [0, 0.05) is 40.8 Å². The molecule has 3 heterocycles. The zero-order valence-electron chi connectivity index (χ0n) is 18.1. The van der Waals surface area contributed by atoms with E-state index >= 15 is 0 Å². The maximum absolute atomic E-state index is 13.2. The molecule has 12 heteroatoms. The molecule has 0 unspecified atom stereocenters. The third-order valence-corrected chi connectivity index (χ3v) is 9.40. The summed E-state index contributed by atoms with van der Waals surface area (Å²) >= 11 is 22.1. The van der Waals surface area contributed by atoms with Crippen LogP contribution < -0.4 is 5.32 Å². The van der Waals surface area contributed by atoms with Crippen molar-refractivity contribution in [1.82, 2.24) is 18.9 Å². The van der Waals surface area contributed by atoms with Gasteiger partial charge in [0.05, 0.1) is 21.4 Å². The number of halogens is 4. The number of benzene rings is 2. The maximum Gasteiger partial charge on any atom is 0.244 e. The van der Waals surface area contributed by atoms with Crippen molar-refractivity contribution in [3.8, 4) is 11.3 Å². The van der Waals surface area contributed by atoms with E-state index in [-0.39, 0.29) is 16.0 Å². The minimum Gasteiger partial charge on any atom is -0.367 e. The Balaban J connectivity index is 1.38. The van der Waals surface area contributed by atoms with Crippen molar-refractivity contribution in [1.29, 1.82) is 0 Å². The zero-order valence-corrected chi connectivity index (χ0v) is 22.8. The van der Waals surface area contributed by atoms with E-state index in [9.17, 15) is 8.42 Å². The van der Waals surface area contributed by atoms with Crippen molar-refractivity contribution < 1.29 is 8.42 Å².